The van der Waals surface area contributed by atoms with Crippen molar-refractivity contribution in [2.75, 3.05) is 7.05 Å². The van der Waals surface area contributed by atoms with Crippen molar-refractivity contribution in [1.29, 1.82) is 0 Å². The topological polar surface area (TPSA) is 25.2 Å². The van der Waals surface area contributed by atoms with E-state index < -0.39 is 0 Å². The Hall–Kier alpha value is -1.54. The molecule has 0 radical (unpaired) electrons. The van der Waals surface area contributed by atoms with Crippen LogP contribution < -0.4 is 5.32 Å². The number of rotatable bonds is 3. The number of hydrogen-bond acceptors (Lipinski definition) is 2. The third-order valence-corrected chi connectivity index (χ3v) is 2.19. The Labute approximate surface area is 83.6 Å². The molecule has 1 aromatic carbocycles. The molecular weight excluding hydrogens is 174 g/mol. The molecule has 72 valence electrons. The summed E-state index contributed by atoms with van der Waals surface area (Å²) in [6.45, 7) is 0.908. The van der Waals surface area contributed by atoms with E-state index in [1.807, 2.05) is 13.1 Å². The van der Waals surface area contributed by atoms with Gasteiger partial charge in [0.1, 0.15) is 0 Å². The van der Waals surface area contributed by atoms with Gasteiger partial charge in [-0.2, -0.15) is 0 Å². The summed E-state index contributed by atoms with van der Waals surface area (Å²) in [6, 6.07) is 10.4. The van der Waals surface area contributed by atoms with Gasteiger partial charge >= 0.3 is 0 Å². The molecule has 0 spiro atoms. The molecule has 0 atom stereocenters. The van der Waals surface area contributed by atoms with Gasteiger partial charge in [-0.3, -0.25) is 0 Å². The smallest absolute Gasteiger partial charge is 0.0980 e. The van der Waals surface area contributed by atoms with Gasteiger partial charge in [-0.05, 0) is 24.2 Å². The van der Waals surface area contributed by atoms with Gasteiger partial charge in [0.15, 0.2) is 0 Å². The predicted molar refractivity (Wildman–Crippen MR) is 56.9 cm³/mol. The van der Waals surface area contributed by atoms with Gasteiger partial charge in [-0.15, -0.1) is 0 Å². The molecule has 2 aromatic rings. The number of nitrogens with one attached hydrogen (secondary N) is 1. The summed E-state index contributed by atoms with van der Waals surface area (Å²) in [5, 5.41) is 3.12. The van der Waals surface area contributed by atoms with Gasteiger partial charge < -0.3 is 9.73 Å². The van der Waals surface area contributed by atoms with E-state index in [-0.39, 0.29) is 0 Å². The van der Waals surface area contributed by atoms with Crippen molar-refractivity contribution in [3.05, 3.63) is 48.4 Å². The van der Waals surface area contributed by atoms with Crippen LogP contribution in [0.5, 0.6) is 0 Å². The van der Waals surface area contributed by atoms with Crippen molar-refractivity contribution in [3.63, 3.8) is 0 Å². The summed E-state index contributed by atoms with van der Waals surface area (Å²) in [4.78, 5) is 0. The van der Waals surface area contributed by atoms with Gasteiger partial charge in [0.25, 0.3) is 0 Å². The number of furan rings is 1. The Kier molecular flexibility index (Phi) is 2.65. The second-order valence-corrected chi connectivity index (χ2v) is 3.24. The van der Waals surface area contributed by atoms with Crippen LogP contribution in [-0.2, 0) is 6.54 Å². The zero-order valence-electron chi connectivity index (χ0n) is 8.16. The Balaban J connectivity index is 2.22. The summed E-state index contributed by atoms with van der Waals surface area (Å²) in [5.41, 5.74) is 3.61. The number of hydrogen-bond donors (Lipinski definition) is 1. The second kappa shape index (κ2) is 4.11. The molecule has 2 heteroatoms. The Morgan fingerprint density at radius 1 is 1.07 bits per heavy atom. The van der Waals surface area contributed by atoms with Crippen molar-refractivity contribution in [1.82, 2.24) is 5.32 Å². The van der Waals surface area contributed by atoms with E-state index in [1.165, 1.54) is 11.1 Å². The van der Waals surface area contributed by atoms with Gasteiger partial charge in [-0.1, -0.05) is 24.3 Å². The van der Waals surface area contributed by atoms with E-state index >= 15 is 0 Å². The van der Waals surface area contributed by atoms with Crippen LogP contribution in [-0.4, -0.2) is 7.05 Å². The second-order valence-electron chi connectivity index (χ2n) is 3.24. The van der Waals surface area contributed by atoms with Crippen molar-refractivity contribution >= 4 is 0 Å². The van der Waals surface area contributed by atoms with Crippen LogP contribution in [0.1, 0.15) is 5.56 Å². The average molecular weight is 187 g/mol. The summed E-state index contributed by atoms with van der Waals surface area (Å²) in [5.74, 6) is 0. The Bertz CT molecular complexity index is 375. The van der Waals surface area contributed by atoms with E-state index in [0.29, 0.717) is 0 Å². The van der Waals surface area contributed by atoms with Crippen LogP contribution in [0.25, 0.3) is 11.1 Å². The highest BCUT2D eigenvalue weighted by molar-refractivity contribution is 5.62. The summed E-state index contributed by atoms with van der Waals surface area (Å²) >= 11 is 0. The minimum absolute atomic E-state index is 0.908. The maximum absolute atomic E-state index is 5.03. The van der Waals surface area contributed by atoms with Gasteiger partial charge in [0.05, 0.1) is 12.5 Å². The first kappa shape index (κ1) is 9.03. The molecule has 1 aromatic heterocycles. The standard InChI is InChI=1S/C12H13NO/c1-13-8-10-2-4-11(5-3-10)12-6-7-14-9-12/h2-7,9,13H,8H2,1H3. The van der Waals surface area contributed by atoms with E-state index in [9.17, 15) is 0 Å². The molecule has 0 aliphatic rings. The first-order chi connectivity index (χ1) is 6.90. The number of benzene rings is 1. The van der Waals surface area contributed by atoms with Gasteiger partial charge in [-0.25, -0.2) is 0 Å². The zero-order chi connectivity index (χ0) is 9.80. The van der Waals surface area contributed by atoms with Gasteiger partial charge in [0, 0.05) is 12.1 Å². The molecule has 14 heavy (non-hydrogen) atoms. The van der Waals surface area contributed by atoms with Crippen molar-refractivity contribution in [2.45, 2.75) is 6.54 Å². The highest BCUT2D eigenvalue weighted by Gasteiger charge is 1.98. The summed E-state index contributed by atoms with van der Waals surface area (Å²) < 4.78 is 5.03. The molecule has 2 nitrogen and oxygen atoms in total. The molecule has 0 aliphatic carbocycles. The largest absolute Gasteiger partial charge is 0.472 e. The molecule has 2 rings (SSSR count). The van der Waals surface area contributed by atoms with Crippen LogP contribution in [0.2, 0.25) is 0 Å². The quantitative estimate of drug-likeness (QED) is 0.799. The van der Waals surface area contributed by atoms with Crippen LogP contribution >= 0.6 is 0 Å². The maximum atomic E-state index is 5.03. The van der Waals surface area contributed by atoms with E-state index in [2.05, 4.69) is 29.6 Å². The summed E-state index contributed by atoms with van der Waals surface area (Å²) in [6.07, 6.45) is 3.45. The maximum Gasteiger partial charge on any atom is 0.0980 e. The lowest BCUT2D eigenvalue weighted by Crippen LogP contribution is -2.04. The van der Waals surface area contributed by atoms with Crippen molar-refractivity contribution < 1.29 is 4.42 Å². The van der Waals surface area contributed by atoms with Gasteiger partial charge in [0.2, 0.25) is 0 Å². The van der Waals surface area contributed by atoms with E-state index in [1.54, 1.807) is 12.5 Å². The minimum Gasteiger partial charge on any atom is -0.472 e. The fraction of sp³-hybridized carbons (Fsp3) is 0.167. The predicted octanol–water partition coefficient (Wildman–Crippen LogP) is 2.67. The van der Waals surface area contributed by atoms with E-state index in [4.69, 9.17) is 4.42 Å². The highest BCUT2D eigenvalue weighted by Crippen LogP contribution is 2.19. The lowest BCUT2D eigenvalue weighted by atomic mass is 10.1. The molecule has 0 saturated heterocycles. The first-order valence-electron chi connectivity index (χ1n) is 4.66. The van der Waals surface area contributed by atoms with Crippen molar-refractivity contribution in [2.24, 2.45) is 0 Å². The molecule has 1 N–H and O–H groups in total. The fourth-order valence-electron chi connectivity index (χ4n) is 1.45. The fourth-order valence-corrected chi connectivity index (χ4v) is 1.45. The lowest BCUT2D eigenvalue weighted by molar-refractivity contribution is 0.568. The lowest BCUT2D eigenvalue weighted by Gasteiger charge is -2.01. The van der Waals surface area contributed by atoms with Crippen LogP contribution in [0.15, 0.2) is 47.3 Å². The van der Waals surface area contributed by atoms with Crippen LogP contribution in [0, 0.1) is 0 Å². The Morgan fingerprint density at radius 3 is 2.43 bits per heavy atom. The normalized spacial score (nSPS) is 10.4. The molecule has 0 bridgehead atoms. The Morgan fingerprint density at radius 2 is 1.86 bits per heavy atom. The molecule has 0 unspecified atom stereocenters. The summed E-state index contributed by atoms with van der Waals surface area (Å²) in [7, 11) is 1.95. The highest BCUT2D eigenvalue weighted by atomic mass is 16.3. The monoisotopic (exact) mass is 187 g/mol. The van der Waals surface area contributed by atoms with Crippen molar-refractivity contribution in [3.8, 4) is 11.1 Å². The van der Waals surface area contributed by atoms with Crippen LogP contribution in [0.3, 0.4) is 0 Å². The first-order valence-corrected chi connectivity index (χ1v) is 4.66. The third-order valence-electron chi connectivity index (χ3n) is 2.19. The minimum atomic E-state index is 0.908. The average Bonchev–Trinajstić information content (AvgIpc) is 2.72. The zero-order valence-corrected chi connectivity index (χ0v) is 8.16. The molecule has 0 amide bonds. The van der Waals surface area contributed by atoms with Crippen LogP contribution in [0.4, 0.5) is 0 Å². The molecular formula is C12H13NO. The molecule has 0 fully saturated rings. The SMILES string of the molecule is CNCc1ccc(-c2ccoc2)cc1. The molecule has 0 aliphatic heterocycles. The third kappa shape index (κ3) is 1.86. The molecule has 0 saturated carbocycles. The molecule has 1 heterocycles. The van der Waals surface area contributed by atoms with E-state index in [0.717, 1.165) is 12.1 Å².